The molecule has 20 heavy (non-hydrogen) atoms. The Hall–Kier alpha value is -2.04. The van der Waals surface area contributed by atoms with Gasteiger partial charge < -0.3 is 4.79 Å². The summed E-state index contributed by atoms with van der Waals surface area (Å²) in [6.45, 7) is 0.587. The van der Waals surface area contributed by atoms with E-state index < -0.39 is 0 Å². The highest BCUT2D eigenvalue weighted by Crippen LogP contribution is 2.34. The van der Waals surface area contributed by atoms with E-state index in [2.05, 4.69) is 15.4 Å². The molecule has 1 heterocycles. The first-order chi connectivity index (χ1) is 9.86. The second-order valence-electron chi connectivity index (χ2n) is 5.37. The number of carbonyl (C=O) groups excluding carboxylic acids is 1. The Kier molecular flexibility index (Phi) is 3.85. The van der Waals surface area contributed by atoms with Crippen LogP contribution in [0.2, 0.25) is 0 Å². The van der Waals surface area contributed by atoms with E-state index in [9.17, 15) is 4.79 Å². The zero-order valence-corrected chi connectivity index (χ0v) is 11.4. The summed E-state index contributed by atoms with van der Waals surface area (Å²) in [5.74, 6) is 0.770. The number of hydrogen-bond acceptors (Lipinski definition) is 4. The van der Waals surface area contributed by atoms with Crippen LogP contribution >= 0.6 is 0 Å². The average molecular weight is 270 g/mol. The van der Waals surface area contributed by atoms with Crippen LogP contribution in [-0.2, 0) is 11.3 Å². The molecule has 1 aliphatic rings. The Balaban J connectivity index is 1.73. The fourth-order valence-corrected chi connectivity index (χ4v) is 2.90. The van der Waals surface area contributed by atoms with Gasteiger partial charge in [-0.25, -0.2) is 0 Å². The van der Waals surface area contributed by atoms with E-state index >= 15 is 0 Å². The third-order valence-corrected chi connectivity index (χ3v) is 3.99. The van der Waals surface area contributed by atoms with Gasteiger partial charge in [-0.2, -0.15) is 4.80 Å². The fraction of sp³-hybridized carbons (Fsp3) is 0.467. The Morgan fingerprint density at radius 3 is 2.70 bits per heavy atom. The Bertz CT molecular complexity index is 560. The van der Waals surface area contributed by atoms with E-state index in [1.165, 1.54) is 12.8 Å². The van der Waals surface area contributed by atoms with Crippen LogP contribution in [0.15, 0.2) is 30.3 Å². The third kappa shape index (κ3) is 2.76. The van der Waals surface area contributed by atoms with Gasteiger partial charge in [-0.1, -0.05) is 43.2 Å². The molecule has 0 N–H and O–H groups in total. The number of benzene rings is 1. The summed E-state index contributed by atoms with van der Waals surface area (Å²) >= 11 is 0. The molecule has 5 nitrogen and oxygen atoms in total. The number of nitrogens with zero attached hydrogens (tertiary/aromatic N) is 4. The minimum atomic E-state index is -0.193. The summed E-state index contributed by atoms with van der Waals surface area (Å²) < 4.78 is 0. The number of tetrazole rings is 1. The van der Waals surface area contributed by atoms with Gasteiger partial charge in [-0.3, -0.25) is 0 Å². The van der Waals surface area contributed by atoms with Crippen molar-refractivity contribution in [1.29, 1.82) is 0 Å². The predicted molar refractivity (Wildman–Crippen MR) is 74.1 cm³/mol. The molecule has 1 fully saturated rings. The maximum Gasteiger partial charge on any atom is 0.185 e. The van der Waals surface area contributed by atoms with E-state index in [4.69, 9.17) is 0 Å². The zero-order valence-electron chi connectivity index (χ0n) is 11.4. The molecule has 1 atom stereocenters. The molecule has 1 aromatic heterocycles. The molecule has 0 aliphatic heterocycles. The summed E-state index contributed by atoms with van der Waals surface area (Å²) in [5, 5.41) is 12.5. The molecule has 104 valence electrons. The molecule has 0 spiro atoms. The highest BCUT2D eigenvalue weighted by molar-refractivity contribution is 5.60. The minimum Gasteiger partial charge on any atom is -0.303 e. The smallest absolute Gasteiger partial charge is 0.185 e. The number of hydrogen-bond donors (Lipinski definition) is 0. The van der Waals surface area contributed by atoms with E-state index in [0.717, 1.165) is 24.7 Å². The van der Waals surface area contributed by atoms with E-state index in [0.29, 0.717) is 18.3 Å². The zero-order chi connectivity index (χ0) is 13.8. The molecule has 2 aromatic rings. The molecule has 1 saturated carbocycles. The molecule has 0 saturated heterocycles. The number of rotatable bonds is 5. The predicted octanol–water partition coefficient (Wildman–Crippen LogP) is 2.19. The highest BCUT2D eigenvalue weighted by Gasteiger charge is 2.29. The summed E-state index contributed by atoms with van der Waals surface area (Å²) in [7, 11) is 0. The van der Waals surface area contributed by atoms with Gasteiger partial charge in [-0.15, -0.1) is 10.2 Å². The van der Waals surface area contributed by atoms with Crippen molar-refractivity contribution >= 4 is 6.29 Å². The minimum absolute atomic E-state index is 0.193. The lowest BCUT2D eigenvalue weighted by Crippen LogP contribution is -2.13. The summed E-state index contributed by atoms with van der Waals surface area (Å²) in [5.41, 5.74) is 1.12. The summed E-state index contributed by atoms with van der Waals surface area (Å²) in [6, 6.07) is 10.0. The lowest BCUT2D eigenvalue weighted by atomic mass is 9.92. The van der Waals surface area contributed by atoms with Crippen LogP contribution < -0.4 is 0 Å². The molecule has 1 aliphatic carbocycles. The third-order valence-electron chi connectivity index (χ3n) is 3.99. The Morgan fingerprint density at radius 1 is 1.25 bits per heavy atom. The molecule has 1 aromatic carbocycles. The molecule has 0 bridgehead atoms. The van der Waals surface area contributed by atoms with Crippen LogP contribution in [0.25, 0.3) is 0 Å². The SMILES string of the molecule is O=CC(c1nnn(Cc2ccccc2)n1)C1CCCC1. The van der Waals surface area contributed by atoms with Gasteiger partial charge in [0, 0.05) is 0 Å². The molecule has 0 amide bonds. The van der Waals surface area contributed by atoms with Gasteiger partial charge in [0.25, 0.3) is 0 Å². The van der Waals surface area contributed by atoms with E-state index in [1.54, 1.807) is 4.80 Å². The van der Waals surface area contributed by atoms with Gasteiger partial charge in [-0.05, 0) is 29.5 Å². The first kappa shape index (κ1) is 13.0. The lowest BCUT2D eigenvalue weighted by molar-refractivity contribution is -0.110. The molecule has 1 unspecified atom stereocenters. The topological polar surface area (TPSA) is 60.7 Å². The Labute approximate surface area is 118 Å². The van der Waals surface area contributed by atoms with Crippen molar-refractivity contribution in [2.45, 2.75) is 38.1 Å². The van der Waals surface area contributed by atoms with Crippen LogP contribution in [-0.4, -0.2) is 26.5 Å². The number of carbonyl (C=O) groups is 1. The van der Waals surface area contributed by atoms with Crippen LogP contribution in [0, 0.1) is 5.92 Å². The van der Waals surface area contributed by atoms with Gasteiger partial charge >= 0.3 is 0 Å². The maximum absolute atomic E-state index is 11.3. The first-order valence-electron chi connectivity index (χ1n) is 7.14. The second-order valence-corrected chi connectivity index (χ2v) is 5.37. The number of aldehydes is 1. The standard InChI is InChI=1S/C15H18N4O/c20-11-14(13-8-4-5-9-13)15-16-18-19(17-15)10-12-6-2-1-3-7-12/h1-3,6-7,11,13-14H,4-5,8-10H2. The number of aromatic nitrogens is 4. The lowest BCUT2D eigenvalue weighted by Gasteiger charge is -2.12. The van der Waals surface area contributed by atoms with E-state index in [-0.39, 0.29) is 5.92 Å². The molecular formula is C15H18N4O. The van der Waals surface area contributed by atoms with Crippen molar-refractivity contribution in [3.63, 3.8) is 0 Å². The van der Waals surface area contributed by atoms with Crippen molar-refractivity contribution in [3.8, 4) is 0 Å². The van der Waals surface area contributed by atoms with Gasteiger partial charge in [0.2, 0.25) is 0 Å². The molecular weight excluding hydrogens is 252 g/mol. The van der Waals surface area contributed by atoms with Crippen molar-refractivity contribution in [2.75, 3.05) is 0 Å². The van der Waals surface area contributed by atoms with E-state index in [1.807, 2.05) is 30.3 Å². The second kappa shape index (κ2) is 5.94. The molecule has 5 heteroatoms. The monoisotopic (exact) mass is 270 g/mol. The van der Waals surface area contributed by atoms with Crippen molar-refractivity contribution in [3.05, 3.63) is 41.7 Å². The summed E-state index contributed by atoms with van der Waals surface area (Å²) in [4.78, 5) is 12.9. The maximum atomic E-state index is 11.3. The van der Waals surface area contributed by atoms with Gasteiger partial charge in [0.05, 0.1) is 12.5 Å². The van der Waals surface area contributed by atoms with Gasteiger partial charge in [0.1, 0.15) is 6.29 Å². The van der Waals surface area contributed by atoms with Crippen LogP contribution in [0.3, 0.4) is 0 Å². The van der Waals surface area contributed by atoms with Crippen LogP contribution in [0.4, 0.5) is 0 Å². The fourth-order valence-electron chi connectivity index (χ4n) is 2.90. The summed E-state index contributed by atoms with van der Waals surface area (Å²) in [6.07, 6.45) is 5.58. The molecule has 0 radical (unpaired) electrons. The normalized spacial score (nSPS) is 17.2. The van der Waals surface area contributed by atoms with Gasteiger partial charge in [0.15, 0.2) is 5.82 Å². The van der Waals surface area contributed by atoms with Crippen LogP contribution in [0.5, 0.6) is 0 Å². The average Bonchev–Trinajstić information content (AvgIpc) is 3.14. The molecule has 3 rings (SSSR count). The first-order valence-corrected chi connectivity index (χ1v) is 7.14. The Morgan fingerprint density at radius 2 is 2.00 bits per heavy atom. The largest absolute Gasteiger partial charge is 0.303 e. The van der Waals surface area contributed by atoms with Crippen LogP contribution in [0.1, 0.15) is 43.0 Å². The van der Waals surface area contributed by atoms with Crippen molar-refractivity contribution < 1.29 is 4.79 Å². The highest BCUT2D eigenvalue weighted by atomic mass is 16.1. The quantitative estimate of drug-likeness (QED) is 0.781. The van der Waals surface area contributed by atoms with Crippen molar-refractivity contribution in [1.82, 2.24) is 20.2 Å². The van der Waals surface area contributed by atoms with Crippen molar-refractivity contribution in [2.24, 2.45) is 5.92 Å².